The molecule has 1 aliphatic rings. The third kappa shape index (κ3) is 3.87. The number of hydrogen-bond donors (Lipinski definition) is 1. The predicted molar refractivity (Wildman–Crippen MR) is 81.1 cm³/mol. The van der Waals surface area contributed by atoms with Gasteiger partial charge in [-0.15, -0.1) is 0 Å². The van der Waals surface area contributed by atoms with Crippen LogP contribution in [0.5, 0.6) is 0 Å². The van der Waals surface area contributed by atoms with Gasteiger partial charge in [0.2, 0.25) is 0 Å². The molecule has 3 nitrogen and oxygen atoms in total. The van der Waals surface area contributed by atoms with E-state index in [0.29, 0.717) is 0 Å². The van der Waals surface area contributed by atoms with Crippen molar-refractivity contribution >= 4 is 21.6 Å². The van der Waals surface area contributed by atoms with Crippen molar-refractivity contribution in [3.05, 3.63) is 0 Å². The molecule has 0 saturated heterocycles. The van der Waals surface area contributed by atoms with Gasteiger partial charge in [0.25, 0.3) is 0 Å². The Balaban J connectivity index is 2.62. The zero-order valence-corrected chi connectivity index (χ0v) is 13.7. The van der Waals surface area contributed by atoms with Gasteiger partial charge in [-0.1, -0.05) is 20.3 Å². The molecule has 0 aromatic rings. The van der Waals surface area contributed by atoms with E-state index in [1.165, 1.54) is 6.26 Å². The van der Waals surface area contributed by atoms with E-state index in [2.05, 4.69) is 25.4 Å². The molecule has 1 aliphatic carbocycles. The Morgan fingerprint density at radius 2 is 1.89 bits per heavy atom. The number of rotatable bonds is 7. The Morgan fingerprint density at radius 1 is 1.28 bits per heavy atom. The highest BCUT2D eigenvalue weighted by atomic mass is 32.2. The summed E-state index contributed by atoms with van der Waals surface area (Å²) < 4.78 is 23.7. The van der Waals surface area contributed by atoms with Crippen molar-refractivity contribution in [2.45, 2.75) is 62.0 Å². The van der Waals surface area contributed by atoms with E-state index >= 15 is 0 Å². The fourth-order valence-corrected chi connectivity index (χ4v) is 5.08. The van der Waals surface area contributed by atoms with Crippen molar-refractivity contribution in [1.82, 2.24) is 5.32 Å². The lowest BCUT2D eigenvalue weighted by atomic mass is 10.0. The van der Waals surface area contributed by atoms with Gasteiger partial charge in [0.1, 0.15) is 0 Å². The first-order valence-corrected chi connectivity index (χ1v) is 10.0. The van der Waals surface area contributed by atoms with Gasteiger partial charge in [0, 0.05) is 23.6 Å². The van der Waals surface area contributed by atoms with E-state index in [0.717, 1.165) is 38.6 Å². The molecule has 108 valence electrons. The summed E-state index contributed by atoms with van der Waals surface area (Å²) in [5.41, 5.74) is 0. The second-order valence-electron chi connectivity index (χ2n) is 5.38. The van der Waals surface area contributed by atoms with Crippen molar-refractivity contribution in [3.63, 3.8) is 0 Å². The predicted octanol–water partition coefficient (Wildman–Crippen LogP) is 2.46. The van der Waals surface area contributed by atoms with Crippen molar-refractivity contribution in [2.24, 2.45) is 0 Å². The van der Waals surface area contributed by atoms with Crippen molar-refractivity contribution < 1.29 is 8.42 Å². The molecule has 1 N–H and O–H groups in total. The summed E-state index contributed by atoms with van der Waals surface area (Å²) >= 11 is 1.90. The van der Waals surface area contributed by atoms with E-state index in [9.17, 15) is 8.42 Å². The summed E-state index contributed by atoms with van der Waals surface area (Å²) in [5.74, 6) is 0. The standard InChI is InChI=1S/C13H27NO2S2/c1-5-13(6-2,17-3)10-14-11-8-7-9-12(11)18(4,15)16/h11-12,14H,5-10H2,1-4H3. The van der Waals surface area contributed by atoms with Crippen LogP contribution in [-0.2, 0) is 9.84 Å². The van der Waals surface area contributed by atoms with Crippen LogP contribution in [0.25, 0.3) is 0 Å². The average Bonchev–Trinajstić information content (AvgIpc) is 2.80. The van der Waals surface area contributed by atoms with Crippen LogP contribution in [0.2, 0.25) is 0 Å². The van der Waals surface area contributed by atoms with Gasteiger partial charge in [0.15, 0.2) is 9.84 Å². The lowest BCUT2D eigenvalue weighted by Crippen LogP contribution is -2.46. The molecular formula is C13H27NO2S2. The molecule has 0 aliphatic heterocycles. The summed E-state index contributed by atoms with van der Waals surface area (Å²) in [6, 6.07) is 0.157. The van der Waals surface area contributed by atoms with Crippen molar-refractivity contribution in [1.29, 1.82) is 0 Å². The van der Waals surface area contributed by atoms with Crippen LogP contribution in [0.1, 0.15) is 46.0 Å². The van der Waals surface area contributed by atoms with Crippen LogP contribution in [0.4, 0.5) is 0 Å². The fraction of sp³-hybridized carbons (Fsp3) is 1.00. The van der Waals surface area contributed by atoms with Gasteiger partial charge in [-0.25, -0.2) is 8.42 Å². The number of nitrogens with one attached hydrogen (secondary N) is 1. The van der Waals surface area contributed by atoms with Crippen LogP contribution in [0.15, 0.2) is 0 Å². The third-order valence-corrected chi connectivity index (χ3v) is 7.66. The first-order chi connectivity index (χ1) is 8.38. The van der Waals surface area contributed by atoms with Crippen LogP contribution in [0.3, 0.4) is 0 Å². The zero-order valence-electron chi connectivity index (χ0n) is 12.0. The molecule has 0 amide bonds. The lowest BCUT2D eigenvalue weighted by molar-refractivity contribution is 0.438. The lowest BCUT2D eigenvalue weighted by Gasteiger charge is -2.32. The molecule has 1 saturated carbocycles. The maximum atomic E-state index is 11.7. The average molecular weight is 293 g/mol. The van der Waals surface area contributed by atoms with Crippen LogP contribution < -0.4 is 5.32 Å². The second kappa shape index (κ2) is 6.62. The van der Waals surface area contributed by atoms with E-state index in [1.54, 1.807) is 0 Å². The molecule has 0 aromatic carbocycles. The number of sulfone groups is 1. The molecule has 18 heavy (non-hydrogen) atoms. The quantitative estimate of drug-likeness (QED) is 0.783. The zero-order chi connectivity index (χ0) is 13.8. The van der Waals surface area contributed by atoms with E-state index in [4.69, 9.17) is 0 Å². The summed E-state index contributed by atoms with van der Waals surface area (Å²) in [5, 5.41) is 3.36. The molecule has 0 radical (unpaired) electrons. The Labute approximate surface area is 116 Å². The highest BCUT2D eigenvalue weighted by molar-refractivity contribution is 8.00. The normalized spacial score (nSPS) is 25.6. The number of hydrogen-bond acceptors (Lipinski definition) is 4. The molecule has 1 rings (SSSR count). The first kappa shape index (κ1) is 16.3. The minimum absolute atomic E-state index is 0.157. The monoisotopic (exact) mass is 293 g/mol. The fourth-order valence-electron chi connectivity index (χ4n) is 2.85. The molecule has 0 aromatic heterocycles. The van der Waals surface area contributed by atoms with E-state index in [1.807, 2.05) is 11.8 Å². The smallest absolute Gasteiger partial charge is 0.151 e. The SMILES string of the molecule is CCC(CC)(CNC1CCCC1S(C)(=O)=O)SC. The summed E-state index contributed by atoms with van der Waals surface area (Å²) in [4.78, 5) is 0. The molecule has 5 heteroatoms. The van der Waals surface area contributed by atoms with Crippen LogP contribution >= 0.6 is 11.8 Å². The molecule has 1 fully saturated rings. The van der Waals surface area contributed by atoms with Crippen LogP contribution in [0, 0.1) is 0 Å². The van der Waals surface area contributed by atoms with Crippen molar-refractivity contribution in [2.75, 3.05) is 19.1 Å². The largest absolute Gasteiger partial charge is 0.311 e. The molecule has 0 bridgehead atoms. The topological polar surface area (TPSA) is 46.2 Å². The van der Waals surface area contributed by atoms with Gasteiger partial charge in [-0.3, -0.25) is 0 Å². The van der Waals surface area contributed by atoms with Gasteiger partial charge in [-0.05, 0) is 31.9 Å². The second-order valence-corrected chi connectivity index (χ2v) is 8.92. The Bertz CT molecular complexity index is 342. The summed E-state index contributed by atoms with van der Waals surface area (Å²) in [7, 11) is -2.91. The molecule has 2 unspecified atom stereocenters. The maximum Gasteiger partial charge on any atom is 0.151 e. The minimum atomic E-state index is -2.91. The molecule has 0 heterocycles. The molecular weight excluding hydrogens is 266 g/mol. The van der Waals surface area contributed by atoms with Gasteiger partial charge in [-0.2, -0.15) is 11.8 Å². The first-order valence-electron chi connectivity index (χ1n) is 6.86. The maximum absolute atomic E-state index is 11.7. The van der Waals surface area contributed by atoms with Gasteiger partial charge >= 0.3 is 0 Å². The highest BCUT2D eigenvalue weighted by Gasteiger charge is 2.36. The molecule has 2 atom stereocenters. The molecule has 0 spiro atoms. The summed E-state index contributed by atoms with van der Waals surface area (Å²) in [6.07, 6.45) is 8.61. The third-order valence-electron chi connectivity index (χ3n) is 4.41. The van der Waals surface area contributed by atoms with Gasteiger partial charge < -0.3 is 5.32 Å². The number of thioether (sulfide) groups is 1. The van der Waals surface area contributed by atoms with Crippen LogP contribution in [-0.4, -0.2) is 43.5 Å². The summed E-state index contributed by atoms with van der Waals surface area (Å²) in [6.45, 7) is 5.34. The Hall–Kier alpha value is 0.260. The Morgan fingerprint density at radius 3 is 2.33 bits per heavy atom. The van der Waals surface area contributed by atoms with E-state index in [-0.39, 0.29) is 16.0 Å². The Kier molecular flexibility index (Phi) is 6.00. The highest BCUT2D eigenvalue weighted by Crippen LogP contribution is 2.31. The van der Waals surface area contributed by atoms with Gasteiger partial charge in [0.05, 0.1) is 5.25 Å². The van der Waals surface area contributed by atoms with Crippen molar-refractivity contribution in [3.8, 4) is 0 Å². The minimum Gasteiger partial charge on any atom is -0.311 e. The van der Waals surface area contributed by atoms with E-state index < -0.39 is 9.84 Å².